The van der Waals surface area contributed by atoms with Gasteiger partial charge in [-0.2, -0.15) is 0 Å². The average Bonchev–Trinajstić information content (AvgIpc) is 3.74. The molecule has 51 heavy (non-hydrogen) atoms. The maximum Gasteiger partial charge on any atom is 0.313 e. The predicted octanol–water partition coefficient (Wildman–Crippen LogP) is 5.30. The third-order valence-electron chi connectivity index (χ3n) is 10.8. The second-order valence-corrected chi connectivity index (χ2v) is 14.7. The van der Waals surface area contributed by atoms with Crippen molar-refractivity contribution in [1.29, 1.82) is 0 Å². The van der Waals surface area contributed by atoms with Crippen LogP contribution < -0.4 is 4.90 Å². The van der Waals surface area contributed by atoms with Crippen molar-refractivity contribution in [3.05, 3.63) is 101 Å². The maximum atomic E-state index is 15.2. The van der Waals surface area contributed by atoms with E-state index in [2.05, 4.69) is 15.9 Å². The number of likely N-dealkylation sites (tertiary alicyclic amines) is 1. The monoisotopic (exact) mass is 755 g/mol. The molecule has 3 amide bonds. The van der Waals surface area contributed by atoms with Gasteiger partial charge >= 0.3 is 5.97 Å². The lowest BCUT2D eigenvalue weighted by Crippen LogP contribution is -2.56. The van der Waals surface area contributed by atoms with Gasteiger partial charge in [0.25, 0.3) is 5.91 Å². The lowest BCUT2D eigenvalue weighted by molar-refractivity contribution is -0.164. The molecule has 1 spiro atoms. The van der Waals surface area contributed by atoms with Gasteiger partial charge in [0, 0.05) is 43.3 Å². The Bertz CT molecular complexity index is 1900. The summed E-state index contributed by atoms with van der Waals surface area (Å²) in [7, 11) is 1.71. The van der Waals surface area contributed by atoms with Gasteiger partial charge < -0.3 is 29.3 Å². The number of cyclic esters (lactones) is 1. The number of anilines is 1. The van der Waals surface area contributed by atoms with E-state index in [9.17, 15) is 19.5 Å². The van der Waals surface area contributed by atoms with Crippen molar-refractivity contribution >= 4 is 56.1 Å². The molecule has 10 nitrogen and oxygen atoms in total. The lowest BCUT2D eigenvalue weighted by Gasteiger charge is -2.36. The van der Waals surface area contributed by atoms with Gasteiger partial charge in [-0.05, 0) is 60.7 Å². The topological polar surface area (TPSA) is 117 Å². The summed E-state index contributed by atoms with van der Waals surface area (Å²) < 4.78 is 13.6. The number of unbranched alkanes of at least 4 members (excludes halogenated alkanes) is 1. The molecule has 266 valence electrons. The summed E-state index contributed by atoms with van der Waals surface area (Å²) >= 11 is 3.63. The van der Waals surface area contributed by atoms with E-state index in [4.69, 9.17) is 9.47 Å². The number of aliphatic hydroxyl groups excluding tert-OH is 1. The number of ether oxygens (including phenoxy) is 2. The van der Waals surface area contributed by atoms with Crippen LogP contribution in [0.5, 0.6) is 0 Å². The van der Waals surface area contributed by atoms with Crippen LogP contribution in [0.4, 0.5) is 5.69 Å². The Balaban J connectivity index is 1.35. The third kappa shape index (κ3) is 6.19. The van der Waals surface area contributed by atoms with E-state index in [1.807, 2.05) is 91.9 Å². The van der Waals surface area contributed by atoms with Crippen molar-refractivity contribution in [3.63, 3.8) is 0 Å². The lowest BCUT2D eigenvalue weighted by atomic mass is 9.74. The van der Waals surface area contributed by atoms with Gasteiger partial charge in [0.2, 0.25) is 11.8 Å². The van der Waals surface area contributed by atoms with Crippen LogP contribution in [-0.2, 0) is 28.7 Å². The first-order valence-corrected chi connectivity index (χ1v) is 18.4. The van der Waals surface area contributed by atoms with Gasteiger partial charge in [0.1, 0.15) is 29.8 Å². The fourth-order valence-electron chi connectivity index (χ4n) is 8.12. The minimum Gasteiger partial charge on any atom is -0.455 e. The van der Waals surface area contributed by atoms with E-state index < -0.39 is 47.7 Å². The Kier molecular flexibility index (Phi) is 9.88. The molecule has 4 aliphatic rings. The number of carbonyl (C=O) groups is 4. The SMILES string of the molecule is C[C@@H]1[C@@H](c2ccccc2)OC(=O)[C@@H]2[C@H]3O[C@@]4(C=C3Br)[C@H](C(=O)N(c3ccc5ccccc5c3)C/C=C\CCC(=O)N1C)N(CCCCO)C(=O)[C@@H]24. The van der Waals surface area contributed by atoms with Crippen molar-refractivity contribution in [1.82, 2.24) is 9.80 Å². The molecule has 2 saturated heterocycles. The Morgan fingerprint density at radius 2 is 1.65 bits per heavy atom. The molecule has 5 bridgehead atoms. The number of likely N-dealkylation sites (N-methyl/N-ethyl adjacent to an activating group) is 1. The first kappa shape index (κ1) is 35.1. The van der Waals surface area contributed by atoms with Crippen LogP contribution in [0.3, 0.4) is 0 Å². The fourth-order valence-corrected chi connectivity index (χ4v) is 8.85. The van der Waals surface area contributed by atoms with Crippen molar-refractivity contribution < 1.29 is 33.8 Å². The number of aliphatic hydroxyl groups is 1. The summed E-state index contributed by atoms with van der Waals surface area (Å²) in [5, 5.41) is 11.6. The molecular formula is C40H42BrN3O7. The van der Waals surface area contributed by atoms with Crippen molar-refractivity contribution in [2.24, 2.45) is 11.8 Å². The Labute approximate surface area is 305 Å². The molecule has 0 radical (unpaired) electrons. The van der Waals surface area contributed by atoms with Crippen molar-refractivity contribution in [2.45, 2.75) is 62.5 Å². The Hall–Kier alpha value is -4.32. The van der Waals surface area contributed by atoms with Crippen LogP contribution in [0.1, 0.15) is 44.3 Å². The summed E-state index contributed by atoms with van der Waals surface area (Å²) in [5.74, 6) is -3.52. The zero-order chi connectivity index (χ0) is 35.9. The summed E-state index contributed by atoms with van der Waals surface area (Å²) in [6, 6.07) is 21.4. The van der Waals surface area contributed by atoms with E-state index >= 15 is 4.79 Å². The molecule has 4 heterocycles. The normalized spacial score (nSPS) is 30.5. The van der Waals surface area contributed by atoms with E-state index in [0.29, 0.717) is 35.0 Å². The standard InChI is InChI=1S/C40H42BrN3O7/c1-25-34(27-14-5-3-6-15-27)50-39(49)32-33-37(47)44(21-11-12-22-45)36(40(33)24-30(41)35(32)51-40)38(48)43(20-10-4-7-17-31(46)42(25)2)29-19-18-26-13-8-9-16-28(26)23-29/h3-6,8-10,13-16,18-19,23-25,32-36,45H,7,11-12,17,20-22H2,1-2H3/b10-4-/t25-,32+,33-,34+,35+,36+,40-/m1/s1. The maximum absolute atomic E-state index is 15.2. The highest BCUT2D eigenvalue weighted by Crippen LogP contribution is 2.59. The van der Waals surface area contributed by atoms with Gasteiger partial charge in [-0.3, -0.25) is 19.2 Å². The van der Waals surface area contributed by atoms with E-state index in [0.717, 1.165) is 10.8 Å². The summed E-state index contributed by atoms with van der Waals surface area (Å²) in [4.78, 5) is 62.5. The number of benzene rings is 3. The highest BCUT2D eigenvalue weighted by molar-refractivity contribution is 9.11. The molecule has 11 heteroatoms. The largest absolute Gasteiger partial charge is 0.455 e. The van der Waals surface area contributed by atoms with Crippen LogP contribution in [0.25, 0.3) is 10.8 Å². The number of hydrogen-bond donors (Lipinski definition) is 1. The Morgan fingerprint density at radius 1 is 0.902 bits per heavy atom. The molecule has 2 fully saturated rings. The van der Waals surface area contributed by atoms with Crippen LogP contribution in [0, 0.1) is 11.8 Å². The number of rotatable bonds is 6. The molecule has 3 aromatic rings. The number of nitrogens with zero attached hydrogens (tertiary/aromatic N) is 3. The van der Waals surface area contributed by atoms with Crippen LogP contribution in [0.2, 0.25) is 0 Å². The first-order valence-electron chi connectivity index (χ1n) is 17.6. The summed E-state index contributed by atoms with van der Waals surface area (Å²) in [5.41, 5.74) is -0.0778. The number of allylic oxidation sites excluding steroid dienone is 1. The molecule has 4 aliphatic heterocycles. The molecule has 7 atom stereocenters. The highest BCUT2D eigenvalue weighted by Gasteiger charge is 2.75. The molecule has 0 unspecified atom stereocenters. The van der Waals surface area contributed by atoms with Crippen LogP contribution in [0.15, 0.2) is 95.5 Å². The number of fused-ring (bicyclic) bond motifs is 3. The third-order valence-corrected chi connectivity index (χ3v) is 11.5. The second-order valence-electron chi connectivity index (χ2n) is 13.8. The molecule has 0 aromatic heterocycles. The average molecular weight is 757 g/mol. The van der Waals surface area contributed by atoms with E-state index in [1.54, 1.807) is 27.8 Å². The predicted molar refractivity (Wildman–Crippen MR) is 196 cm³/mol. The molecule has 0 saturated carbocycles. The van der Waals surface area contributed by atoms with Crippen molar-refractivity contribution in [2.75, 3.05) is 31.6 Å². The van der Waals surface area contributed by atoms with Crippen molar-refractivity contribution in [3.8, 4) is 0 Å². The first-order chi connectivity index (χ1) is 24.7. The minimum atomic E-state index is -1.44. The number of amides is 3. The number of carbonyl (C=O) groups excluding carboxylic acids is 4. The van der Waals surface area contributed by atoms with Gasteiger partial charge in [-0.25, -0.2) is 0 Å². The van der Waals surface area contributed by atoms with Gasteiger partial charge in [0.05, 0.1) is 12.0 Å². The number of hydrogen-bond acceptors (Lipinski definition) is 7. The van der Waals surface area contributed by atoms with Crippen LogP contribution in [-0.4, -0.2) is 89.1 Å². The summed E-state index contributed by atoms with van der Waals surface area (Å²) in [6.45, 7) is 2.18. The quantitative estimate of drug-likeness (QED) is 0.206. The van der Waals surface area contributed by atoms with E-state index in [-0.39, 0.29) is 43.8 Å². The zero-order valence-electron chi connectivity index (χ0n) is 28.7. The minimum absolute atomic E-state index is 0.0573. The van der Waals surface area contributed by atoms with Gasteiger partial charge in [-0.15, -0.1) is 0 Å². The number of halogens is 1. The number of esters is 1. The smallest absolute Gasteiger partial charge is 0.313 e. The van der Waals surface area contributed by atoms with Gasteiger partial charge in [-0.1, -0.05) is 88.7 Å². The molecular weight excluding hydrogens is 714 g/mol. The molecule has 7 rings (SSSR count). The fraction of sp³-hybridized carbons (Fsp3) is 0.400. The van der Waals surface area contributed by atoms with Gasteiger partial charge in [0.15, 0.2) is 0 Å². The Morgan fingerprint density at radius 3 is 2.41 bits per heavy atom. The highest BCUT2D eigenvalue weighted by atomic mass is 79.9. The molecule has 3 aromatic carbocycles. The van der Waals surface area contributed by atoms with E-state index in [1.165, 1.54) is 0 Å². The zero-order valence-corrected chi connectivity index (χ0v) is 30.3. The van der Waals surface area contributed by atoms with Crippen LogP contribution >= 0.6 is 15.9 Å². The molecule has 0 aliphatic carbocycles. The summed E-state index contributed by atoms with van der Waals surface area (Å²) in [6.07, 6.45) is 5.49. The molecule has 1 N–H and O–H groups in total. The second kappa shape index (κ2) is 14.4.